The van der Waals surface area contributed by atoms with Crippen LogP contribution in [0.5, 0.6) is 0 Å². The van der Waals surface area contributed by atoms with Crippen molar-refractivity contribution in [2.45, 2.75) is 18.9 Å². The molecule has 1 aliphatic rings. The number of hydrogen-bond donors (Lipinski definition) is 1. The number of likely N-dealkylation sites (N-methyl/N-ethyl adjacent to an activating group) is 1. The van der Waals surface area contributed by atoms with Gasteiger partial charge in [-0.25, -0.2) is 0 Å². The Hall–Kier alpha value is -2.20. The third-order valence-electron chi connectivity index (χ3n) is 3.91. The van der Waals surface area contributed by atoms with Gasteiger partial charge in [0.05, 0.1) is 5.69 Å². The molecule has 1 aromatic heterocycles. The van der Waals surface area contributed by atoms with Crippen molar-refractivity contribution < 1.29 is 9.90 Å². The van der Waals surface area contributed by atoms with Gasteiger partial charge in [-0.1, -0.05) is 24.3 Å². The van der Waals surface area contributed by atoms with Crippen molar-refractivity contribution in [2.24, 2.45) is 0 Å². The summed E-state index contributed by atoms with van der Waals surface area (Å²) in [5.41, 5.74) is 1.60. The fourth-order valence-corrected chi connectivity index (χ4v) is 2.73. The lowest BCUT2D eigenvalue weighted by Crippen LogP contribution is -2.40. The minimum atomic E-state index is -1.52. The molecule has 0 fully saturated rings. The van der Waals surface area contributed by atoms with E-state index < -0.39 is 5.60 Å². The topological polar surface area (TPSA) is 53.4 Å². The number of para-hydroxylation sites is 1. The van der Waals surface area contributed by atoms with Crippen LogP contribution in [-0.4, -0.2) is 23.0 Å². The number of aliphatic hydroxyl groups is 1. The van der Waals surface area contributed by atoms with Crippen molar-refractivity contribution in [3.8, 4) is 0 Å². The Balaban J connectivity index is 2.08. The molecular weight excluding hydrogens is 252 g/mol. The van der Waals surface area contributed by atoms with Crippen molar-refractivity contribution in [3.63, 3.8) is 0 Å². The summed E-state index contributed by atoms with van der Waals surface area (Å²) in [5.74, 6) is -0.302. The molecule has 1 aromatic carbocycles. The molecule has 1 N–H and O–H groups in total. The molecular formula is C16H16N2O2. The number of anilines is 1. The van der Waals surface area contributed by atoms with E-state index >= 15 is 0 Å². The second kappa shape index (κ2) is 4.42. The van der Waals surface area contributed by atoms with Gasteiger partial charge in [0, 0.05) is 30.9 Å². The first-order valence-electron chi connectivity index (χ1n) is 6.54. The van der Waals surface area contributed by atoms with Crippen molar-refractivity contribution in [2.75, 3.05) is 11.9 Å². The van der Waals surface area contributed by atoms with Crippen LogP contribution in [0.2, 0.25) is 0 Å². The highest BCUT2D eigenvalue weighted by Gasteiger charge is 2.48. The molecule has 1 aliphatic heterocycles. The lowest BCUT2D eigenvalue weighted by molar-refractivity contribution is -0.135. The third-order valence-corrected chi connectivity index (χ3v) is 3.91. The van der Waals surface area contributed by atoms with Crippen molar-refractivity contribution in [1.82, 2.24) is 4.98 Å². The highest BCUT2D eigenvalue weighted by atomic mass is 16.3. The lowest BCUT2D eigenvalue weighted by atomic mass is 9.89. The molecule has 3 rings (SSSR count). The van der Waals surface area contributed by atoms with E-state index in [0.717, 1.165) is 16.9 Å². The van der Waals surface area contributed by atoms with Gasteiger partial charge in [0.2, 0.25) is 0 Å². The SMILES string of the molecule is Cc1cccnc1CC1(O)C(=O)N(C)c2ccccc21. The number of carbonyl (C=O) groups excluding carboxylic acids is 1. The predicted octanol–water partition coefficient (Wildman–Crippen LogP) is 1.80. The number of hydrogen-bond acceptors (Lipinski definition) is 3. The Bertz CT molecular complexity index is 684. The highest BCUT2D eigenvalue weighted by Crippen LogP contribution is 2.41. The number of amides is 1. The fraction of sp³-hybridized carbons (Fsp3) is 0.250. The van der Waals surface area contributed by atoms with E-state index in [1.807, 2.05) is 37.3 Å². The van der Waals surface area contributed by atoms with Gasteiger partial charge < -0.3 is 10.0 Å². The number of aromatic nitrogens is 1. The summed E-state index contributed by atoms with van der Waals surface area (Å²) >= 11 is 0. The van der Waals surface area contributed by atoms with Gasteiger partial charge in [-0.15, -0.1) is 0 Å². The van der Waals surface area contributed by atoms with Crippen LogP contribution in [-0.2, 0) is 16.8 Å². The second-order valence-corrected chi connectivity index (χ2v) is 5.19. The average Bonchev–Trinajstić information content (AvgIpc) is 2.65. The van der Waals surface area contributed by atoms with Crippen molar-refractivity contribution in [1.29, 1.82) is 0 Å². The van der Waals surface area contributed by atoms with E-state index in [2.05, 4.69) is 4.98 Å². The molecule has 4 heteroatoms. The standard InChI is InChI=1S/C16H16N2O2/c1-11-6-5-9-17-13(11)10-16(20)12-7-3-4-8-14(12)18(2)15(16)19/h3-9,20H,10H2,1-2H3. The van der Waals surface area contributed by atoms with Crippen LogP contribution in [0.15, 0.2) is 42.6 Å². The van der Waals surface area contributed by atoms with E-state index in [1.54, 1.807) is 19.3 Å². The monoisotopic (exact) mass is 268 g/mol. The first-order valence-corrected chi connectivity index (χ1v) is 6.54. The van der Waals surface area contributed by atoms with E-state index in [0.29, 0.717) is 5.56 Å². The number of aryl methyl sites for hydroxylation is 1. The van der Waals surface area contributed by atoms with Crippen molar-refractivity contribution in [3.05, 3.63) is 59.4 Å². The molecule has 0 radical (unpaired) electrons. The lowest BCUT2D eigenvalue weighted by Gasteiger charge is -2.22. The summed E-state index contributed by atoms with van der Waals surface area (Å²) in [7, 11) is 1.68. The van der Waals surface area contributed by atoms with Gasteiger partial charge in [-0.05, 0) is 24.6 Å². The molecule has 102 valence electrons. The van der Waals surface area contributed by atoms with Crippen LogP contribution in [0.3, 0.4) is 0 Å². The molecule has 1 unspecified atom stereocenters. The van der Waals surface area contributed by atoms with Gasteiger partial charge in [0.15, 0.2) is 5.60 Å². The summed E-state index contributed by atoms with van der Waals surface area (Å²) < 4.78 is 0. The zero-order valence-electron chi connectivity index (χ0n) is 11.5. The normalized spacial score (nSPS) is 21.1. The van der Waals surface area contributed by atoms with Crippen LogP contribution >= 0.6 is 0 Å². The van der Waals surface area contributed by atoms with Gasteiger partial charge >= 0.3 is 0 Å². The summed E-state index contributed by atoms with van der Waals surface area (Å²) in [5, 5.41) is 10.9. The van der Waals surface area contributed by atoms with Gasteiger partial charge in [-0.3, -0.25) is 9.78 Å². The zero-order chi connectivity index (χ0) is 14.3. The van der Waals surface area contributed by atoms with E-state index in [-0.39, 0.29) is 12.3 Å². The van der Waals surface area contributed by atoms with Crippen LogP contribution in [0.25, 0.3) is 0 Å². The molecule has 0 spiro atoms. The predicted molar refractivity (Wildman–Crippen MR) is 76.4 cm³/mol. The number of pyridine rings is 1. The van der Waals surface area contributed by atoms with E-state index in [4.69, 9.17) is 0 Å². The number of nitrogens with zero attached hydrogens (tertiary/aromatic N) is 2. The fourth-order valence-electron chi connectivity index (χ4n) is 2.73. The Labute approximate surface area is 117 Å². The van der Waals surface area contributed by atoms with Gasteiger partial charge in [0.25, 0.3) is 5.91 Å². The molecule has 20 heavy (non-hydrogen) atoms. The van der Waals surface area contributed by atoms with E-state index in [9.17, 15) is 9.90 Å². The maximum absolute atomic E-state index is 12.4. The number of benzene rings is 1. The third kappa shape index (κ3) is 1.72. The summed E-state index contributed by atoms with van der Waals surface area (Å²) in [6.07, 6.45) is 1.88. The van der Waals surface area contributed by atoms with Crippen LogP contribution in [0.4, 0.5) is 5.69 Å². The highest BCUT2D eigenvalue weighted by molar-refractivity contribution is 6.06. The number of fused-ring (bicyclic) bond motifs is 1. The molecule has 1 atom stereocenters. The largest absolute Gasteiger partial charge is 0.375 e. The summed E-state index contributed by atoms with van der Waals surface area (Å²) in [6, 6.07) is 11.1. The zero-order valence-corrected chi connectivity index (χ0v) is 11.5. The number of carbonyl (C=O) groups is 1. The van der Waals surface area contributed by atoms with E-state index in [1.165, 1.54) is 4.90 Å². The Morgan fingerprint density at radius 2 is 2.00 bits per heavy atom. The van der Waals surface area contributed by atoms with Crippen LogP contribution in [0, 0.1) is 6.92 Å². The second-order valence-electron chi connectivity index (χ2n) is 5.19. The molecule has 0 saturated carbocycles. The first kappa shape index (κ1) is 12.8. The maximum Gasteiger partial charge on any atom is 0.263 e. The molecule has 0 aliphatic carbocycles. The maximum atomic E-state index is 12.4. The van der Waals surface area contributed by atoms with Crippen molar-refractivity contribution >= 4 is 11.6 Å². The molecule has 1 amide bonds. The minimum Gasteiger partial charge on any atom is -0.375 e. The van der Waals surface area contributed by atoms with Gasteiger partial charge in [-0.2, -0.15) is 0 Å². The molecule has 0 bridgehead atoms. The quantitative estimate of drug-likeness (QED) is 0.903. The summed E-state index contributed by atoms with van der Waals surface area (Å²) in [4.78, 5) is 18.2. The van der Waals surface area contributed by atoms with Gasteiger partial charge in [0.1, 0.15) is 0 Å². The van der Waals surface area contributed by atoms with Crippen LogP contribution in [0.1, 0.15) is 16.8 Å². The smallest absolute Gasteiger partial charge is 0.263 e. The Kier molecular flexibility index (Phi) is 2.83. The molecule has 4 nitrogen and oxygen atoms in total. The molecule has 0 saturated heterocycles. The number of rotatable bonds is 2. The minimum absolute atomic E-state index is 0.194. The first-order chi connectivity index (χ1) is 9.54. The molecule has 2 aromatic rings. The molecule has 2 heterocycles. The Morgan fingerprint density at radius 1 is 1.25 bits per heavy atom. The van der Waals surface area contributed by atoms with Crippen LogP contribution < -0.4 is 4.90 Å². The summed E-state index contributed by atoms with van der Waals surface area (Å²) in [6.45, 7) is 1.93. The Morgan fingerprint density at radius 3 is 2.75 bits per heavy atom. The average molecular weight is 268 g/mol.